The number of aryl methyl sites for hydroxylation is 1. The minimum Gasteiger partial charge on any atom is -0.393 e. The predicted molar refractivity (Wildman–Crippen MR) is 52.6 cm³/mol. The van der Waals surface area contributed by atoms with Crippen molar-refractivity contribution in [1.29, 1.82) is 0 Å². The molecule has 1 rings (SSSR count). The molecule has 0 spiro atoms. The van der Waals surface area contributed by atoms with Gasteiger partial charge in [0.2, 0.25) is 0 Å². The van der Waals surface area contributed by atoms with Crippen molar-refractivity contribution < 1.29 is 5.11 Å². The normalized spacial score (nSPS) is 13.6. The zero-order chi connectivity index (χ0) is 9.84. The smallest absolute Gasteiger partial charge is 0.111 e. The summed E-state index contributed by atoms with van der Waals surface area (Å²) in [6, 6.07) is 0. The van der Waals surface area contributed by atoms with Gasteiger partial charge in [-0.3, -0.25) is 0 Å². The molecule has 0 aliphatic carbocycles. The second-order valence-corrected chi connectivity index (χ2v) is 3.77. The standard InChI is InChI=1S/C10H18N2O/c1-8(2)10-11-5-7-12(10)6-4-9(3)13/h5,7-9,13H,4,6H2,1-3H3. The van der Waals surface area contributed by atoms with Gasteiger partial charge in [-0.25, -0.2) is 4.98 Å². The van der Waals surface area contributed by atoms with Crippen LogP contribution < -0.4 is 0 Å². The van der Waals surface area contributed by atoms with E-state index < -0.39 is 0 Å². The molecule has 0 saturated carbocycles. The molecule has 1 aromatic heterocycles. The number of imidazole rings is 1. The van der Waals surface area contributed by atoms with Crippen LogP contribution in [-0.4, -0.2) is 20.8 Å². The van der Waals surface area contributed by atoms with Gasteiger partial charge >= 0.3 is 0 Å². The second-order valence-electron chi connectivity index (χ2n) is 3.77. The van der Waals surface area contributed by atoms with Crippen molar-refractivity contribution in [3.63, 3.8) is 0 Å². The van der Waals surface area contributed by atoms with Gasteiger partial charge in [0.15, 0.2) is 0 Å². The van der Waals surface area contributed by atoms with Crippen LogP contribution in [0, 0.1) is 0 Å². The van der Waals surface area contributed by atoms with E-state index in [1.807, 2.05) is 19.3 Å². The largest absolute Gasteiger partial charge is 0.393 e. The molecule has 74 valence electrons. The quantitative estimate of drug-likeness (QED) is 0.770. The lowest BCUT2D eigenvalue weighted by atomic mass is 10.2. The Morgan fingerprint density at radius 2 is 2.15 bits per heavy atom. The predicted octanol–water partition coefficient (Wildman–Crippen LogP) is 1.78. The zero-order valence-corrected chi connectivity index (χ0v) is 8.57. The second kappa shape index (κ2) is 4.42. The van der Waals surface area contributed by atoms with Crippen LogP contribution in [0.3, 0.4) is 0 Å². The first-order valence-corrected chi connectivity index (χ1v) is 4.80. The number of hydrogen-bond donors (Lipinski definition) is 1. The van der Waals surface area contributed by atoms with E-state index in [-0.39, 0.29) is 6.10 Å². The van der Waals surface area contributed by atoms with Gasteiger partial charge in [-0.05, 0) is 13.3 Å². The summed E-state index contributed by atoms with van der Waals surface area (Å²) >= 11 is 0. The Morgan fingerprint density at radius 3 is 2.69 bits per heavy atom. The number of nitrogens with zero attached hydrogens (tertiary/aromatic N) is 2. The molecule has 0 aliphatic heterocycles. The van der Waals surface area contributed by atoms with E-state index in [2.05, 4.69) is 23.4 Å². The van der Waals surface area contributed by atoms with Crippen LogP contribution in [0.4, 0.5) is 0 Å². The molecule has 0 saturated heterocycles. The van der Waals surface area contributed by atoms with Crippen LogP contribution in [0.25, 0.3) is 0 Å². The molecule has 1 heterocycles. The highest BCUT2D eigenvalue weighted by molar-refractivity contribution is 4.97. The molecule has 1 atom stereocenters. The Morgan fingerprint density at radius 1 is 1.46 bits per heavy atom. The number of hydrogen-bond acceptors (Lipinski definition) is 2. The third-order valence-electron chi connectivity index (χ3n) is 2.05. The van der Waals surface area contributed by atoms with E-state index in [9.17, 15) is 0 Å². The Labute approximate surface area is 79.4 Å². The lowest BCUT2D eigenvalue weighted by Gasteiger charge is -2.10. The SMILES string of the molecule is CC(O)CCn1ccnc1C(C)C. The summed E-state index contributed by atoms with van der Waals surface area (Å²) < 4.78 is 2.11. The lowest BCUT2D eigenvalue weighted by molar-refractivity contribution is 0.177. The summed E-state index contributed by atoms with van der Waals surface area (Å²) in [5.41, 5.74) is 0. The highest BCUT2D eigenvalue weighted by Gasteiger charge is 2.07. The van der Waals surface area contributed by atoms with Crippen molar-refractivity contribution >= 4 is 0 Å². The van der Waals surface area contributed by atoms with Crippen LogP contribution in [-0.2, 0) is 6.54 Å². The van der Waals surface area contributed by atoms with E-state index in [4.69, 9.17) is 5.11 Å². The molecule has 1 N–H and O–H groups in total. The first-order chi connectivity index (χ1) is 6.11. The van der Waals surface area contributed by atoms with Crippen molar-refractivity contribution in [2.45, 2.75) is 45.8 Å². The fraction of sp³-hybridized carbons (Fsp3) is 0.700. The molecule has 13 heavy (non-hydrogen) atoms. The number of aliphatic hydroxyl groups is 1. The van der Waals surface area contributed by atoms with Gasteiger partial charge in [-0.15, -0.1) is 0 Å². The molecule has 0 fully saturated rings. The third-order valence-corrected chi connectivity index (χ3v) is 2.05. The minimum atomic E-state index is -0.234. The van der Waals surface area contributed by atoms with Gasteiger partial charge in [0, 0.05) is 24.9 Å². The average molecular weight is 182 g/mol. The van der Waals surface area contributed by atoms with Crippen molar-refractivity contribution in [2.75, 3.05) is 0 Å². The fourth-order valence-electron chi connectivity index (χ4n) is 1.34. The number of aromatic nitrogens is 2. The maximum absolute atomic E-state index is 9.15. The Bertz CT molecular complexity index is 253. The van der Waals surface area contributed by atoms with Crippen LogP contribution in [0.2, 0.25) is 0 Å². The Kier molecular flexibility index (Phi) is 3.48. The van der Waals surface area contributed by atoms with Crippen molar-refractivity contribution in [1.82, 2.24) is 9.55 Å². The van der Waals surface area contributed by atoms with Gasteiger partial charge in [0.1, 0.15) is 5.82 Å². The Balaban J connectivity index is 2.60. The van der Waals surface area contributed by atoms with E-state index in [0.29, 0.717) is 5.92 Å². The van der Waals surface area contributed by atoms with Crippen molar-refractivity contribution in [3.05, 3.63) is 18.2 Å². The monoisotopic (exact) mass is 182 g/mol. The molecular weight excluding hydrogens is 164 g/mol. The summed E-state index contributed by atoms with van der Waals surface area (Å²) in [5, 5.41) is 9.15. The summed E-state index contributed by atoms with van der Waals surface area (Å²) in [6.45, 7) is 6.92. The van der Waals surface area contributed by atoms with Crippen LogP contribution >= 0.6 is 0 Å². The van der Waals surface area contributed by atoms with Crippen molar-refractivity contribution in [2.24, 2.45) is 0 Å². The van der Waals surface area contributed by atoms with Crippen LogP contribution in [0.5, 0.6) is 0 Å². The van der Waals surface area contributed by atoms with Crippen molar-refractivity contribution in [3.8, 4) is 0 Å². The number of rotatable bonds is 4. The minimum absolute atomic E-state index is 0.234. The van der Waals surface area contributed by atoms with E-state index >= 15 is 0 Å². The van der Waals surface area contributed by atoms with Gasteiger partial charge in [-0.1, -0.05) is 13.8 Å². The summed E-state index contributed by atoms with van der Waals surface area (Å²) in [5.74, 6) is 1.55. The van der Waals surface area contributed by atoms with Gasteiger partial charge in [0.25, 0.3) is 0 Å². The zero-order valence-electron chi connectivity index (χ0n) is 8.57. The van der Waals surface area contributed by atoms with E-state index in [1.54, 1.807) is 0 Å². The summed E-state index contributed by atoms with van der Waals surface area (Å²) in [6.07, 6.45) is 4.34. The summed E-state index contributed by atoms with van der Waals surface area (Å²) in [4.78, 5) is 4.27. The van der Waals surface area contributed by atoms with Crippen LogP contribution in [0.1, 0.15) is 38.9 Å². The molecule has 1 unspecified atom stereocenters. The third kappa shape index (κ3) is 2.84. The fourth-order valence-corrected chi connectivity index (χ4v) is 1.34. The van der Waals surface area contributed by atoms with Gasteiger partial charge < -0.3 is 9.67 Å². The maximum atomic E-state index is 9.15. The van der Waals surface area contributed by atoms with Gasteiger partial charge in [0.05, 0.1) is 6.10 Å². The van der Waals surface area contributed by atoms with Gasteiger partial charge in [-0.2, -0.15) is 0 Å². The molecule has 0 aromatic carbocycles. The molecule has 0 amide bonds. The van der Waals surface area contributed by atoms with Crippen LogP contribution in [0.15, 0.2) is 12.4 Å². The van der Waals surface area contributed by atoms with E-state index in [0.717, 1.165) is 18.8 Å². The molecule has 3 heteroatoms. The first kappa shape index (κ1) is 10.3. The molecule has 0 aliphatic rings. The topological polar surface area (TPSA) is 38.0 Å². The lowest BCUT2D eigenvalue weighted by Crippen LogP contribution is -2.09. The molecular formula is C10H18N2O. The molecule has 3 nitrogen and oxygen atoms in total. The highest BCUT2D eigenvalue weighted by atomic mass is 16.3. The molecule has 0 radical (unpaired) electrons. The first-order valence-electron chi connectivity index (χ1n) is 4.80. The number of aliphatic hydroxyl groups excluding tert-OH is 1. The van der Waals surface area contributed by atoms with E-state index in [1.165, 1.54) is 0 Å². The highest BCUT2D eigenvalue weighted by Crippen LogP contribution is 2.12. The molecule has 0 bridgehead atoms. The Hall–Kier alpha value is -0.830. The maximum Gasteiger partial charge on any atom is 0.111 e. The average Bonchev–Trinajstić information content (AvgIpc) is 2.47. The molecule has 1 aromatic rings. The summed E-state index contributed by atoms with van der Waals surface area (Å²) in [7, 11) is 0.